The predicted molar refractivity (Wildman–Crippen MR) is 221 cm³/mol. The van der Waals surface area contributed by atoms with Gasteiger partial charge in [0.15, 0.2) is 11.6 Å². The van der Waals surface area contributed by atoms with Gasteiger partial charge in [-0.15, -0.1) is 0 Å². The maximum Gasteiger partial charge on any atom is 0.238 e. The number of hydrogen-bond donors (Lipinski definition) is 0. The molecule has 0 bridgehead atoms. The molecule has 0 N–H and O–H groups in total. The van der Waals surface area contributed by atoms with Gasteiger partial charge in [0.05, 0.1) is 11.0 Å². The van der Waals surface area contributed by atoms with Crippen molar-refractivity contribution in [2.24, 2.45) is 0 Å². The molecule has 0 fully saturated rings. The van der Waals surface area contributed by atoms with Gasteiger partial charge >= 0.3 is 0 Å². The van der Waals surface area contributed by atoms with Gasteiger partial charge in [-0.2, -0.15) is 9.97 Å². The SMILES string of the molecule is c1ccc(-c2ccc(-c3nc(-c4ccccc4)nc(-n4c5ccc6ccccc6c5c5cccc(-c6cccc7c6oc6ccccc67)c54)n3)cc2)cc1. The van der Waals surface area contributed by atoms with Crippen LogP contribution < -0.4 is 0 Å². The molecule has 0 unspecified atom stereocenters. The molecule has 3 heterocycles. The summed E-state index contributed by atoms with van der Waals surface area (Å²) >= 11 is 0. The number of para-hydroxylation sites is 3. The number of hydrogen-bond acceptors (Lipinski definition) is 4. The van der Waals surface area contributed by atoms with Gasteiger partial charge in [-0.05, 0) is 34.0 Å². The fourth-order valence-corrected chi connectivity index (χ4v) is 7.97. The summed E-state index contributed by atoms with van der Waals surface area (Å²) in [6.45, 7) is 0. The lowest BCUT2D eigenvalue weighted by molar-refractivity contribution is 0.670. The molecule has 11 aromatic rings. The van der Waals surface area contributed by atoms with Gasteiger partial charge in [0.25, 0.3) is 0 Å². The molecule has 252 valence electrons. The molecule has 0 saturated carbocycles. The number of aromatic nitrogens is 4. The molecule has 54 heavy (non-hydrogen) atoms. The van der Waals surface area contributed by atoms with E-state index in [1.54, 1.807) is 0 Å². The van der Waals surface area contributed by atoms with Gasteiger partial charge in [0.2, 0.25) is 5.95 Å². The van der Waals surface area contributed by atoms with Crippen LogP contribution in [0.5, 0.6) is 0 Å². The topological polar surface area (TPSA) is 56.7 Å². The second-order valence-electron chi connectivity index (χ2n) is 13.6. The zero-order valence-corrected chi connectivity index (χ0v) is 29.0. The summed E-state index contributed by atoms with van der Waals surface area (Å²) < 4.78 is 8.85. The fraction of sp³-hybridized carbons (Fsp3) is 0. The van der Waals surface area contributed by atoms with Crippen molar-refractivity contribution >= 4 is 54.5 Å². The van der Waals surface area contributed by atoms with Crippen LogP contribution in [0.2, 0.25) is 0 Å². The van der Waals surface area contributed by atoms with E-state index in [4.69, 9.17) is 19.4 Å². The summed E-state index contributed by atoms with van der Waals surface area (Å²) in [7, 11) is 0. The fourth-order valence-electron chi connectivity index (χ4n) is 7.97. The summed E-state index contributed by atoms with van der Waals surface area (Å²) in [6.07, 6.45) is 0. The molecule has 0 atom stereocenters. The average molecular weight is 691 g/mol. The van der Waals surface area contributed by atoms with Crippen molar-refractivity contribution in [2.75, 3.05) is 0 Å². The van der Waals surface area contributed by atoms with Crippen LogP contribution in [0.25, 0.3) is 105 Å². The van der Waals surface area contributed by atoms with Crippen molar-refractivity contribution in [1.82, 2.24) is 19.5 Å². The Morgan fingerprint density at radius 2 is 0.963 bits per heavy atom. The number of nitrogens with zero attached hydrogens (tertiary/aromatic N) is 4. The minimum atomic E-state index is 0.547. The van der Waals surface area contributed by atoms with E-state index in [2.05, 4.69) is 150 Å². The Morgan fingerprint density at radius 3 is 1.74 bits per heavy atom. The number of furan rings is 1. The van der Waals surface area contributed by atoms with E-state index in [1.165, 1.54) is 10.8 Å². The Labute approximate surface area is 310 Å². The monoisotopic (exact) mass is 690 g/mol. The molecule has 0 aliphatic rings. The quantitative estimate of drug-likeness (QED) is 0.180. The first-order valence-electron chi connectivity index (χ1n) is 18.1. The van der Waals surface area contributed by atoms with Gasteiger partial charge in [-0.25, -0.2) is 4.98 Å². The second kappa shape index (κ2) is 12.1. The number of benzene rings is 8. The lowest BCUT2D eigenvalue weighted by Gasteiger charge is -2.13. The van der Waals surface area contributed by atoms with E-state index in [-0.39, 0.29) is 0 Å². The highest BCUT2D eigenvalue weighted by atomic mass is 16.3. The van der Waals surface area contributed by atoms with Crippen LogP contribution in [0.1, 0.15) is 0 Å². The minimum absolute atomic E-state index is 0.547. The minimum Gasteiger partial charge on any atom is -0.455 e. The molecular weight excluding hydrogens is 661 g/mol. The first kappa shape index (κ1) is 30.3. The Kier molecular flexibility index (Phi) is 6.79. The number of fused-ring (bicyclic) bond motifs is 8. The van der Waals surface area contributed by atoms with Gasteiger partial charge in [0, 0.05) is 43.8 Å². The molecule has 11 rings (SSSR count). The van der Waals surface area contributed by atoms with Crippen LogP contribution >= 0.6 is 0 Å². The van der Waals surface area contributed by atoms with Crippen LogP contribution in [-0.4, -0.2) is 19.5 Å². The molecule has 0 saturated heterocycles. The smallest absolute Gasteiger partial charge is 0.238 e. The number of rotatable bonds is 5. The van der Waals surface area contributed by atoms with Crippen LogP contribution in [0.3, 0.4) is 0 Å². The second-order valence-corrected chi connectivity index (χ2v) is 13.6. The predicted octanol–water partition coefficient (Wildman–Crippen LogP) is 12.7. The van der Waals surface area contributed by atoms with Crippen molar-refractivity contribution in [1.29, 1.82) is 0 Å². The first-order chi connectivity index (χ1) is 26.8. The average Bonchev–Trinajstić information content (AvgIpc) is 3.81. The molecule has 0 aliphatic heterocycles. The summed E-state index contributed by atoms with van der Waals surface area (Å²) in [4.78, 5) is 15.7. The zero-order valence-electron chi connectivity index (χ0n) is 29.0. The molecular formula is C49H30N4O. The first-order valence-corrected chi connectivity index (χ1v) is 18.1. The maximum atomic E-state index is 6.62. The molecule has 5 heteroatoms. The Hall–Kier alpha value is -7.37. The van der Waals surface area contributed by atoms with Crippen molar-refractivity contribution in [3.63, 3.8) is 0 Å². The largest absolute Gasteiger partial charge is 0.455 e. The third-order valence-electron chi connectivity index (χ3n) is 10.5. The molecule has 3 aromatic heterocycles. The molecule has 5 nitrogen and oxygen atoms in total. The molecule has 0 aliphatic carbocycles. The lowest BCUT2D eigenvalue weighted by Crippen LogP contribution is -2.07. The van der Waals surface area contributed by atoms with Gasteiger partial charge in [-0.1, -0.05) is 170 Å². The highest BCUT2D eigenvalue weighted by Gasteiger charge is 2.23. The third kappa shape index (κ3) is 4.76. The lowest BCUT2D eigenvalue weighted by atomic mass is 9.98. The molecule has 0 spiro atoms. The highest BCUT2D eigenvalue weighted by Crippen LogP contribution is 2.44. The Morgan fingerprint density at radius 1 is 0.389 bits per heavy atom. The highest BCUT2D eigenvalue weighted by molar-refractivity contribution is 6.24. The summed E-state index contributed by atoms with van der Waals surface area (Å²) in [6, 6.07) is 63.2. The molecule has 0 radical (unpaired) electrons. The van der Waals surface area contributed by atoms with Crippen LogP contribution in [-0.2, 0) is 0 Å². The summed E-state index contributed by atoms with van der Waals surface area (Å²) in [5.74, 6) is 1.76. The summed E-state index contributed by atoms with van der Waals surface area (Å²) in [5, 5.41) is 6.79. The summed E-state index contributed by atoms with van der Waals surface area (Å²) in [5.41, 5.74) is 9.92. The zero-order chi connectivity index (χ0) is 35.6. The van der Waals surface area contributed by atoms with E-state index in [9.17, 15) is 0 Å². The third-order valence-corrected chi connectivity index (χ3v) is 10.5. The molecule has 8 aromatic carbocycles. The van der Waals surface area contributed by atoms with Gasteiger partial charge < -0.3 is 4.42 Å². The van der Waals surface area contributed by atoms with E-state index < -0.39 is 0 Å². The van der Waals surface area contributed by atoms with Crippen LogP contribution in [0.4, 0.5) is 0 Å². The van der Waals surface area contributed by atoms with Crippen molar-refractivity contribution in [2.45, 2.75) is 0 Å². The normalized spacial score (nSPS) is 11.7. The van der Waals surface area contributed by atoms with Crippen LogP contribution in [0, 0.1) is 0 Å². The molecule has 0 amide bonds. The Bertz CT molecular complexity index is 3200. The van der Waals surface area contributed by atoms with E-state index in [1.807, 2.05) is 36.4 Å². The standard InChI is InChI=1S/C49H30N4O/c1-3-13-31(14-4-1)32-25-27-35(28-26-32)48-50-47(34-16-5-2-6-17-34)51-49(52-48)53-42-30-29-33-15-7-8-18-36(33)44(42)41-23-11-20-38(45(41)53)40-22-12-21-39-37-19-9-10-24-43(37)54-46(39)40/h1-30H. The van der Waals surface area contributed by atoms with E-state index >= 15 is 0 Å². The van der Waals surface area contributed by atoms with Crippen molar-refractivity contribution < 1.29 is 4.42 Å². The van der Waals surface area contributed by atoms with Gasteiger partial charge in [0.1, 0.15) is 11.2 Å². The van der Waals surface area contributed by atoms with Gasteiger partial charge in [-0.3, -0.25) is 4.57 Å². The Balaban J connectivity index is 1.23. The maximum absolute atomic E-state index is 6.62. The van der Waals surface area contributed by atoms with Crippen molar-refractivity contribution in [3.8, 4) is 51.0 Å². The van der Waals surface area contributed by atoms with Crippen LogP contribution in [0.15, 0.2) is 186 Å². The van der Waals surface area contributed by atoms with E-state index in [0.717, 1.165) is 77.1 Å². The van der Waals surface area contributed by atoms with E-state index in [0.29, 0.717) is 17.6 Å². The van der Waals surface area contributed by atoms with Crippen molar-refractivity contribution in [3.05, 3.63) is 182 Å².